The zero-order valence-corrected chi connectivity index (χ0v) is 31.4. The molecule has 0 aliphatic carbocycles. The molecule has 0 unspecified atom stereocenters. The summed E-state index contributed by atoms with van der Waals surface area (Å²) >= 11 is 6.80. The number of pyridine rings is 1. The number of ether oxygens (including phenoxy) is 3. The van der Waals surface area contributed by atoms with Crippen LogP contribution in [0, 0.1) is 28.7 Å². The molecule has 0 saturated carbocycles. The van der Waals surface area contributed by atoms with Gasteiger partial charge >= 0.3 is 23.3 Å². The van der Waals surface area contributed by atoms with E-state index in [9.17, 15) is 24.5 Å². The summed E-state index contributed by atoms with van der Waals surface area (Å²) in [6.07, 6.45) is 0.492. The Morgan fingerprint density at radius 1 is 1.09 bits per heavy atom. The van der Waals surface area contributed by atoms with E-state index in [2.05, 4.69) is 9.97 Å². The highest BCUT2D eigenvalue weighted by molar-refractivity contribution is 6.34. The van der Waals surface area contributed by atoms with Crippen LogP contribution in [0.15, 0.2) is 35.4 Å². The fourth-order valence-corrected chi connectivity index (χ4v) is 6.87. The standard InChI is InChI=1S/C36H39ClF2N6O8/c1-17(2)28-29(19(4)40-16-41-28)44-30-20(13-21(37)25(27(30)39)26-22(38)11-10-12-24(26)51-8)31(32(33(44)46)45(49)50)43-14-18(3)42(15-23(43)34(47)52-9)35(48)53-36(5,6)7/h10-13,16-18,23H,14-15H2,1-9H3/t18-,23-/m1/s1. The highest BCUT2D eigenvalue weighted by Crippen LogP contribution is 2.46. The average molecular weight is 757 g/mol. The van der Waals surface area contributed by atoms with E-state index in [1.54, 1.807) is 41.5 Å². The smallest absolute Gasteiger partial charge is 0.410 e. The Balaban J connectivity index is 1.98. The third kappa shape index (κ3) is 6.94. The first-order valence-electron chi connectivity index (χ1n) is 16.6. The van der Waals surface area contributed by atoms with Crippen molar-refractivity contribution in [2.75, 3.05) is 32.2 Å². The second kappa shape index (κ2) is 14.6. The number of carbonyl (C=O) groups is 2. The minimum atomic E-state index is -1.44. The lowest BCUT2D eigenvalue weighted by atomic mass is 9.97. The molecule has 3 heterocycles. The van der Waals surface area contributed by atoms with E-state index < -0.39 is 74.3 Å². The minimum absolute atomic E-state index is 0.0348. The molecule has 1 aliphatic rings. The van der Waals surface area contributed by atoms with Crippen molar-refractivity contribution in [3.05, 3.63) is 79.1 Å². The first-order chi connectivity index (χ1) is 24.8. The lowest BCUT2D eigenvalue weighted by Crippen LogP contribution is -2.62. The van der Waals surface area contributed by atoms with Gasteiger partial charge in [0.05, 0.1) is 58.9 Å². The zero-order chi connectivity index (χ0) is 39.3. The molecule has 282 valence electrons. The van der Waals surface area contributed by atoms with Gasteiger partial charge in [-0.3, -0.25) is 19.5 Å². The van der Waals surface area contributed by atoms with Gasteiger partial charge in [-0.15, -0.1) is 0 Å². The van der Waals surface area contributed by atoms with E-state index in [1.165, 1.54) is 48.4 Å². The molecular weight excluding hydrogens is 718 g/mol. The molecule has 53 heavy (non-hydrogen) atoms. The number of nitrogens with zero attached hydrogens (tertiary/aromatic N) is 6. The number of aromatic nitrogens is 3. The van der Waals surface area contributed by atoms with Crippen LogP contribution in [0.25, 0.3) is 27.7 Å². The lowest BCUT2D eigenvalue weighted by Gasteiger charge is -2.45. The normalized spacial score (nSPS) is 16.2. The van der Waals surface area contributed by atoms with Crippen LogP contribution in [-0.2, 0) is 14.3 Å². The number of fused-ring (bicyclic) bond motifs is 1. The van der Waals surface area contributed by atoms with Gasteiger partial charge < -0.3 is 24.0 Å². The predicted molar refractivity (Wildman–Crippen MR) is 193 cm³/mol. The van der Waals surface area contributed by atoms with Crippen molar-refractivity contribution in [1.82, 2.24) is 19.4 Å². The quantitative estimate of drug-likeness (QED) is 0.112. The second-order valence-electron chi connectivity index (χ2n) is 13.9. The van der Waals surface area contributed by atoms with Gasteiger partial charge in [-0.25, -0.2) is 28.3 Å². The van der Waals surface area contributed by atoms with Crippen molar-refractivity contribution in [3.8, 4) is 22.6 Å². The first-order valence-corrected chi connectivity index (χ1v) is 17.0. The Bertz CT molecular complexity index is 2210. The number of carbonyl (C=O) groups excluding carboxylic acids is 2. The lowest BCUT2D eigenvalue weighted by molar-refractivity contribution is -0.385. The number of esters is 1. The van der Waals surface area contributed by atoms with Crippen LogP contribution in [0.5, 0.6) is 5.75 Å². The Kier molecular flexibility index (Phi) is 10.7. The number of rotatable bonds is 7. The van der Waals surface area contributed by atoms with E-state index in [-0.39, 0.29) is 57.8 Å². The van der Waals surface area contributed by atoms with Gasteiger partial charge in [-0.05, 0) is 58.7 Å². The van der Waals surface area contributed by atoms with E-state index in [0.717, 1.165) is 17.7 Å². The third-order valence-corrected chi connectivity index (χ3v) is 9.16. The summed E-state index contributed by atoms with van der Waals surface area (Å²) in [5.74, 6) is -3.51. The molecule has 1 fully saturated rings. The number of anilines is 1. The van der Waals surface area contributed by atoms with Crippen LogP contribution in [0.3, 0.4) is 0 Å². The number of halogens is 3. The summed E-state index contributed by atoms with van der Waals surface area (Å²) in [7, 11) is 2.35. The molecule has 1 aliphatic heterocycles. The summed E-state index contributed by atoms with van der Waals surface area (Å²) in [6.45, 7) is 11.0. The van der Waals surface area contributed by atoms with Gasteiger partial charge in [0.2, 0.25) is 0 Å². The summed E-state index contributed by atoms with van der Waals surface area (Å²) in [5.41, 5.74) is -4.68. The van der Waals surface area contributed by atoms with Crippen molar-refractivity contribution < 1.29 is 37.5 Å². The molecule has 0 bridgehead atoms. The monoisotopic (exact) mass is 756 g/mol. The van der Waals surface area contributed by atoms with Crippen LogP contribution >= 0.6 is 11.6 Å². The number of hydrogen-bond donors (Lipinski definition) is 0. The van der Waals surface area contributed by atoms with Gasteiger partial charge in [-0.2, -0.15) is 0 Å². The highest BCUT2D eigenvalue weighted by Gasteiger charge is 2.45. The number of amides is 1. The molecule has 1 saturated heterocycles. The van der Waals surface area contributed by atoms with Crippen LogP contribution in [0.1, 0.15) is 58.8 Å². The molecule has 4 aromatic rings. The van der Waals surface area contributed by atoms with Gasteiger partial charge in [-0.1, -0.05) is 31.5 Å². The number of nitro groups is 1. The maximum absolute atomic E-state index is 17.7. The molecule has 14 nitrogen and oxygen atoms in total. The Morgan fingerprint density at radius 2 is 1.77 bits per heavy atom. The number of aryl methyl sites for hydroxylation is 1. The van der Waals surface area contributed by atoms with Crippen molar-refractivity contribution in [1.29, 1.82) is 0 Å². The molecule has 0 spiro atoms. The summed E-state index contributed by atoms with van der Waals surface area (Å²) in [6, 6.07) is 2.79. The van der Waals surface area contributed by atoms with Crippen LogP contribution in [0.4, 0.5) is 25.0 Å². The van der Waals surface area contributed by atoms with Gasteiger partial charge in [0.25, 0.3) is 0 Å². The van der Waals surface area contributed by atoms with E-state index >= 15 is 8.78 Å². The maximum Gasteiger partial charge on any atom is 0.410 e. The van der Waals surface area contributed by atoms with Gasteiger partial charge in [0.15, 0.2) is 5.82 Å². The predicted octanol–water partition coefficient (Wildman–Crippen LogP) is 6.72. The van der Waals surface area contributed by atoms with E-state index in [1.807, 2.05) is 0 Å². The average Bonchev–Trinajstić information content (AvgIpc) is 3.07. The molecule has 17 heteroatoms. The number of piperazine rings is 1. The van der Waals surface area contributed by atoms with Crippen LogP contribution in [0.2, 0.25) is 5.02 Å². The minimum Gasteiger partial charge on any atom is -0.496 e. The molecule has 2 atom stereocenters. The number of benzene rings is 2. The summed E-state index contributed by atoms with van der Waals surface area (Å²) < 4.78 is 50.0. The second-order valence-corrected chi connectivity index (χ2v) is 14.3. The molecule has 0 radical (unpaired) electrons. The SMILES string of the molecule is COC(=O)[C@H]1CN(C(=O)OC(C)(C)C)[C@H](C)CN1c1c([N+](=O)[O-])c(=O)n(-c2c(C)ncnc2C(C)C)c2c(F)c(-c3c(F)cccc3OC)c(Cl)cc12. The molecule has 2 aromatic heterocycles. The Labute approximate surface area is 308 Å². The Morgan fingerprint density at radius 3 is 2.36 bits per heavy atom. The zero-order valence-electron chi connectivity index (χ0n) is 30.6. The van der Waals surface area contributed by atoms with E-state index in [4.69, 9.17) is 25.8 Å². The fraction of sp³-hybridized carbons (Fsp3) is 0.417. The van der Waals surface area contributed by atoms with E-state index in [0.29, 0.717) is 0 Å². The highest BCUT2D eigenvalue weighted by atomic mass is 35.5. The molecule has 5 rings (SSSR count). The molecular formula is C36H39ClF2N6O8. The fourth-order valence-electron chi connectivity index (χ4n) is 6.58. The number of hydrogen-bond acceptors (Lipinski definition) is 11. The molecule has 2 aromatic carbocycles. The van der Waals surface area contributed by atoms with Crippen LogP contribution in [-0.4, -0.2) is 81.4 Å². The largest absolute Gasteiger partial charge is 0.496 e. The third-order valence-electron chi connectivity index (χ3n) is 8.86. The van der Waals surface area contributed by atoms with Crippen molar-refractivity contribution in [2.45, 2.75) is 72.1 Å². The van der Waals surface area contributed by atoms with Crippen LogP contribution < -0.4 is 15.2 Å². The summed E-state index contributed by atoms with van der Waals surface area (Å²) in [4.78, 5) is 64.8. The summed E-state index contributed by atoms with van der Waals surface area (Å²) in [5, 5.41) is 12.4. The first kappa shape index (κ1) is 38.8. The maximum atomic E-state index is 17.7. The van der Waals surface area contributed by atoms with Gasteiger partial charge in [0.1, 0.15) is 35.2 Å². The van der Waals surface area contributed by atoms with Crippen molar-refractivity contribution in [2.24, 2.45) is 0 Å². The Hall–Kier alpha value is -5.38. The van der Waals surface area contributed by atoms with Crippen molar-refractivity contribution >= 4 is 45.9 Å². The van der Waals surface area contributed by atoms with Gasteiger partial charge in [0, 0.05) is 23.5 Å². The molecule has 1 amide bonds. The van der Waals surface area contributed by atoms with Crippen molar-refractivity contribution in [3.63, 3.8) is 0 Å². The molecule has 0 N–H and O–H groups in total. The number of methoxy groups -OCH3 is 2. The topological polar surface area (TPSA) is 159 Å².